The van der Waals surface area contributed by atoms with Gasteiger partial charge in [0.05, 0.1) is 12.6 Å². The van der Waals surface area contributed by atoms with Crippen molar-refractivity contribution in [3.05, 3.63) is 35.9 Å². The molecule has 1 heterocycles. The smallest absolute Gasteiger partial charge is 0.410 e. The van der Waals surface area contributed by atoms with Gasteiger partial charge in [0.1, 0.15) is 5.60 Å². The average Bonchev–Trinajstić information content (AvgIpc) is 2.84. The van der Waals surface area contributed by atoms with Gasteiger partial charge in [-0.05, 0) is 38.7 Å². The van der Waals surface area contributed by atoms with Gasteiger partial charge >= 0.3 is 6.09 Å². The van der Waals surface area contributed by atoms with Crippen LogP contribution >= 0.6 is 0 Å². The summed E-state index contributed by atoms with van der Waals surface area (Å²) in [4.78, 5) is 28.8. The van der Waals surface area contributed by atoms with Gasteiger partial charge in [0.15, 0.2) is 0 Å². The Kier molecular flexibility index (Phi) is 7.87. The summed E-state index contributed by atoms with van der Waals surface area (Å²) in [6.45, 7) is 12.9. The molecule has 6 heteroatoms. The lowest BCUT2D eigenvalue weighted by molar-refractivity contribution is -0.123. The van der Waals surface area contributed by atoms with Crippen molar-refractivity contribution in [2.24, 2.45) is 5.92 Å². The summed E-state index contributed by atoms with van der Waals surface area (Å²) in [5, 5.41) is 3.18. The van der Waals surface area contributed by atoms with E-state index < -0.39 is 5.60 Å². The number of hydrogen-bond acceptors (Lipinski definition) is 4. The molecule has 2 rings (SSSR count). The minimum Gasteiger partial charge on any atom is -0.444 e. The van der Waals surface area contributed by atoms with Crippen LogP contribution in [0.25, 0.3) is 0 Å². The SMILES string of the molecule is CC(C)C(NC(=O)CN1CCCN(C(=O)OC(C)(C)C)CC1)c1ccccc1. The van der Waals surface area contributed by atoms with Crippen LogP contribution in [0.5, 0.6) is 0 Å². The minimum absolute atomic E-state index is 0.000982. The first-order valence-corrected chi connectivity index (χ1v) is 10.2. The highest BCUT2D eigenvalue weighted by Crippen LogP contribution is 2.21. The second-order valence-corrected chi connectivity index (χ2v) is 8.80. The normalized spacial score (nSPS) is 17.1. The van der Waals surface area contributed by atoms with Crippen molar-refractivity contribution in [3.8, 4) is 0 Å². The first-order chi connectivity index (χ1) is 13.2. The first-order valence-electron chi connectivity index (χ1n) is 10.2. The van der Waals surface area contributed by atoms with Gasteiger partial charge < -0.3 is 15.0 Å². The fourth-order valence-electron chi connectivity index (χ4n) is 3.36. The summed E-state index contributed by atoms with van der Waals surface area (Å²) < 4.78 is 5.47. The lowest BCUT2D eigenvalue weighted by Gasteiger charge is -2.27. The molecule has 0 aliphatic carbocycles. The van der Waals surface area contributed by atoms with E-state index in [0.717, 1.165) is 18.5 Å². The molecule has 0 aromatic heterocycles. The van der Waals surface area contributed by atoms with Crippen molar-refractivity contribution < 1.29 is 14.3 Å². The minimum atomic E-state index is -0.494. The first kappa shape index (κ1) is 22.2. The molecule has 1 aromatic rings. The molecule has 0 radical (unpaired) electrons. The van der Waals surface area contributed by atoms with Gasteiger partial charge in [-0.15, -0.1) is 0 Å². The third-order valence-corrected chi connectivity index (χ3v) is 4.75. The van der Waals surface area contributed by atoms with E-state index in [1.807, 2.05) is 39.0 Å². The Morgan fingerprint density at radius 3 is 2.36 bits per heavy atom. The quantitative estimate of drug-likeness (QED) is 0.838. The van der Waals surface area contributed by atoms with Crippen molar-refractivity contribution in [3.63, 3.8) is 0 Å². The van der Waals surface area contributed by atoms with Crippen LogP contribution in [0.1, 0.15) is 52.6 Å². The van der Waals surface area contributed by atoms with E-state index in [1.54, 1.807) is 4.90 Å². The van der Waals surface area contributed by atoms with Crippen LogP contribution in [0, 0.1) is 5.92 Å². The molecular formula is C22H35N3O3. The molecule has 0 saturated carbocycles. The van der Waals surface area contributed by atoms with Gasteiger partial charge in [0, 0.05) is 26.2 Å². The highest BCUT2D eigenvalue weighted by Gasteiger charge is 2.25. The Morgan fingerprint density at radius 2 is 1.75 bits per heavy atom. The number of amides is 2. The van der Waals surface area contributed by atoms with Crippen molar-refractivity contribution in [1.29, 1.82) is 0 Å². The molecule has 6 nitrogen and oxygen atoms in total. The van der Waals surface area contributed by atoms with Gasteiger partial charge in [-0.25, -0.2) is 4.79 Å². The Morgan fingerprint density at radius 1 is 1.07 bits per heavy atom. The Balaban J connectivity index is 1.88. The number of rotatable bonds is 5. The summed E-state index contributed by atoms with van der Waals surface area (Å²) in [5.41, 5.74) is 0.629. The molecule has 1 unspecified atom stereocenters. The van der Waals surface area contributed by atoms with E-state index in [9.17, 15) is 9.59 Å². The van der Waals surface area contributed by atoms with Crippen LogP contribution in [0.3, 0.4) is 0 Å². The fourth-order valence-corrected chi connectivity index (χ4v) is 3.36. The third-order valence-electron chi connectivity index (χ3n) is 4.75. The van der Waals surface area contributed by atoms with Gasteiger partial charge in [-0.3, -0.25) is 9.69 Å². The summed E-state index contributed by atoms with van der Waals surface area (Å²) >= 11 is 0. The lowest BCUT2D eigenvalue weighted by atomic mass is 9.96. The van der Waals surface area contributed by atoms with Gasteiger partial charge in [0.25, 0.3) is 0 Å². The van der Waals surface area contributed by atoms with Gasteiger partial charge in [0.2, 0.25) is 5.91 Å². The van der Waals surface area contributed by atoms with Crippen LogP contribution in [0.15, 0.2) is 30.3 Å². The van der Waals surface area contributed by atoms with Crippen molar-refractivity contribution >= 4 is 12.0 Å². The van der Waals surface area contributed by atoms with E-state index >= 15 is 0 Å². The molecule has 1 N–H and O–H groups in total. The Bertz CT molecular complexity index is 640. The molecule has 156 valence electrons. The van der Waals surface area contributed by atoms with Gasteiger partial charge in [-0.1, -0.05) is 44.2 Å². The molecule has 1 aliphatic heterocycles. The van der Waals surface area contributed by atoms with Crippen molar-refractivity contribution in [2.45, 2.75) is 52.7 Å². The largest absolute Gasteiger partial charge is 0.444 e. The average molecular weight is 390 g/mol. The highest BCUT2D eigenvalue weighted by atomic mass is 16.6. The van der Waals surface area contributed by atoms with Crippen molar-refractivity contribution in [2.75, 3.05) is 32.7 Å². The number of ether oxygens (including phenoxy) is 1. The van der Waals surface area contributed by atoms with E-state index in [1.165, 1.54) is 0 Å². The highest BCUT2D eigenvalue weighted by molar-refractivity contribution is 5.78. The van der Waals surface area contributed by atoms with Crippen LogP contribution in [0.2, 0.25) is 0 Å². The number of carbonyl (C=O) groups excluding carboxylic acids is 2. The predicted octanol–water partition coefficient (Wildman–Crippen LogP) is 3.44. The second kappa shape index (κ2) is 9.92. The fraction of sp³-hybridized carbons (Fsp3) is 0.636. The zero-order chi connectivity index (χ0) is 20.7. The molecule has 1 atom stereocenters. The summed E-state index contributed by atoms with van der Waals surface area (Å²) in [7, 11) is 0. The summed E-state index contributed by atoms with van der Waals surface area (Å²) in [6, 6.07) is 10.1. The molecule has 0 bridgehead atoms. The van der Waals surface area contributed by atoms with E-state index in [0.29, 0.717) is 32.1 Å². The molecule has 0 spiro atoms. The topological polar surface area (TPSA) is 61.9 Å². The summed E-state index contributed by atoms with van der Waals surface area (Å²) in [5.74, 6) is 0.325. The number of nitrogens with one attached hydrogen (secondary N) is 1. The van der Waals surface area contributed by atoms with Crippen LogP contribution in [-0.2, 0) is 9.53 Å². The molecular weight excluding hydrogens is 354 g/mol. The molecule has 28 heavy (non-hydrogen) atoms. The number of carbonyl (C=O) groups is 2. The van der Waals surface area contributed by atoms with E-state index in [2.05, 4.69) is 36.2 Å². The maximum Gasteiger partial charge on any atom is 0.410 e. The van der Waals surface area contributed by atoms with E-state index in [-0.39, 0.29) is 18.0 Å². The molecule has 2 amide bonds. The Hall–Kier alpha value is -2.08. The zero-order valence-electron chi connectivity index (χ0n) is 17.9. The van der Waals surface area contributed by atoms with Gasteiger partial charge in [-0.2, -0.15) is 0 Å². The van der Waals surface area contributed by atoms with E-state index in [4.69, 9.17) is 4.74 Å². The zero-order valence-corrected chi connectivity index (χ0v) is 17.9. The molecule has 1 aromatic carbocycles. The number of benzene rings is 1. The molecule has 1 fully saturated rings. The summed E-state index contributed by atoms with van der Waals surface area (Å²) in [6.07, 6.45) is 0.557. The van der Waals surface area contributed by atoms with Crippen molar-refractivity contribution in [1.82, 2.24) is 15.1 Å². The Labute approximate surface area is 169 Å². The standard InChI is InChI=1S/C22H35N3O3/c1-17(2)20(18-10-7-6-8-11-18)23-19(26)16-24-12-9-13-25(15-14-24)21(27)28-22(3,4)5/h6-8,10-11,17,20H,9,12-16H2,1-5H3,(H,23,26). The van der Waals surface area contributed by atoms with Crippen LogP contribution in [0.4, 0.5) is 4.79 Å². The molecule has 1 saturated heterocycles. The number of hydrogen-bond donors (Lipinski definition) is 1. The van der Waals surface area contributed by atoms with Crippen LogP contribution < -0.4 is 5.32 Å². The number of nitrogens with zero attached hydrogens (tertiary/aromatic N) is 2. The molecule has 1 aliphatic rings. The maximum absolute atomic E-state index is 12.7. The maximum atomic E-state index is 12.7. The predicted molar refractivity (Wildman–Crippen MR) is 111 cm³/mol. The third kappa shape index (κ3) is 7.15. The monoisotopic (exact) mass is 389 g/mol. The lowest BCUT2D eigenvalue weighted by Crippen LogP contribution is -2.42. The van der Waals surface area contributed by atoms with Crippen LogP contribution in [-0.4, -0.2) is 60.1 Å². The second-order valence-electron chi connectivity index (χ2n) is 8.80.